The van der Waals surface area contributed by atoms with Crippen molar-refractivity contribution in [2.24, 2.45) is 5.41 Å². The third-order valence-electron chi connectivity index (χ3n) is 3.56. The Morgan fingerprint density at radius 3 is 2.50 bits per heavy atom. The second-order valence-electron chi connectivity index (χ2n) is 5.33. The first kappa shape index (κ1) is 14.6. The molecule has 0 spiro atoms. The number of amides is 1. The van der Waals surface area contributed by atoms with Crippen LogP contribution in [-0.2, 0) is 9.59 Å². The summed E-state index contributed by atoms with van der Waals surface area (Å²) in [5.41, 5.74) is -0.341. The molecule has 0 aromatic rings. The quantitative estimate of drug-likeness (QED) is 0.709. The number of aliphatic carboxylic acids is 1. The van der Waals surface area contributed by atoms with Gasteiger partial charge in [0.1, 0.15) is 0 Å². The molecule has 0 radical (unpaired) electrons. The summed E-state index contributed by atoms with van der Waals surface area (Å²) in [5, 5.41) is 11.8. The van der Waals surface area contributed by atoms with E-state index < -0.39 is 5.97 Å². The molecule has 2 N–H and O–H groups in total. The Bertz CT molecular complexity index is 351. The SMILES string of the molecule is C#CCC(C)NC(=O)CC1(CC(=O)O)CCCC1. The minimum absolute atomic E-state index is 0.0502. The predicted molar refractivity (Wildman–Crippen MR) is 68.8 cm³/mol. The lowest BCUT2D eigenvalue weighted by atomic mass is 9.79. The van der Waals surface area contributed by atoms with E-state index in [1.165, 1.54) is 0 Å². The van der Waals surface area contributed by atoms with Crippen molar-refractivity contribution in [2.75, 3.05) is 0 Å². The van der Waals surface area contributed by atoms with Crippen molar-refractivity contribution in [3.8, 4) is 12.3 Å². The first-order chi connectivity index (χ1) is 8.47. The van der Waals surface area contributed by atoms with Gasteiger partial charge in [-0.1, -0.05) is 12.8 Å². The Kier molecular flexibility index (Phi) is 5.21. The average molecular weight is 251 g/mol. The summed E-state index contributed by atoms with van der Waals surface area (Å²) in [7, 11) is 0. The van der Waals surface area contributed by atoms with Gasteiger partial charge in [-0.3, -0.25) is 9.59 Å². The summed E-state index contributed by atoms with van der Waals surface area (Å²) in [5.74, 6) is 1.60. The fraction of sp³-hybridized carbons (Fsp3) is 0.714. The number of terminal acetylenes is 1. The standard InChI is InChI=1S/C14H21NO3/c1-3-6-11(2)15-12(16)9-14(10-13(17)18)7-4-5-8-14/h1,11H,4-10H2,2H3,(H,15,16)(H,17,18). The Morgan fingerprint density at radius 2 is 2.00 bits per heavy atom. The monoisotopic (exact) mass is 251 g/mol. The maximum absolute atomic E-state index is 11.9. The molecule has 1 rings (SSSR count). The summed E-state index contributed by atoms with van der Waals surface area (Å²) in [6, 6.07) is -0.0502. The molecule has 4 nitrogen and oxygen atoms in total. The second-order valence-corrected chi connectivity index (χ2v) is 5.33. The van der Waals surface area contributed by atoms with Crippen LogP contribution in [0.3, 0.4) is 0 Å². The molecule has 1 atom stereocenters. The maximum Gasteiger partial charge on any atom is 0.303 e. The van der Waals surface area contributed by atoms with Gasteiger partial charge in [0.05, 0.1) is 6.42 Å². The van der Waals surface area contributed by atoms with Gasteiger partial charge in [-0.05, 0) is 25.2 Å². The molecule has 100 valence electrons. The van der Waals surface area contributed by atoms with Gasteiger partial charge in [0.25, 0.3) is 0 Å². The van der Waals surface area contributed by atoms with Crippen molar-refractivity contribution in [3.05, 3.63) is 0 Å². The second kappa shape index (κ2) is 6.44. The fourth-order valence-electron chi connectivity index (χ4n) is 2.76. The zero-order chi connectivity index (χ0) is 13.6. The zero-order valence-electron chi connectivity index (χ0n) is 10.9. The predicted octanol–water partition coefficient (Wildman–Crippen LogP) is 1.94. The van der Waals surface area contributed by atoms with Crippen molar-refractivity contribution >= 4 is 11.9 Å². The van der Waals surface area contributed by atoms with Crippen LogP contribution in [0.25, 0.3) is 0 Å². The van der Waals surface area contributed by atoms with Gasteiger partial charge in [0, 0.05) is 18.9 Å². The van der Waals surface area contributed by atoms with Crippen LogP contribution in [0.4, 0.5) is 0 Å². The number of rotatable bonds is 6. The summed E-state index contributed by atoms with van der Waals surface area (Å²) in [6.45, 7) is 1.86. The number of nitrogens with one attached hydrogen (secondary N) is 1. The largest absolute Gasteiger partial charge is 0.481 e. The Hall–Kier alpha value is -1.50. The number of carboxylic acid groups (broad SMARTS) is 1. The smallest absolute Gasteiger partial charge is 0.303 e. The molecule has 0 aliphatic heterocycles. The van der Waals surface area contributed by atoms with Crippen molar-refractivity contribution in [3.63, 3.8) is 0 Å². The van der Waals surface area contributed by atoms with Gasteiger partial charge in [-0.2, -0.15) is 0 Å². The van der Waals surface area contributed by atoms with Crippen molar-refractivity contribution in [2.45, 2.75) is 57.9 Å². The average Bonchev–Trinajstić information content (AvgIpc) is 2.64. The van der Waals surface area contributed by atoms with E-state index in [1.54, 1.807) is 0 Å². The third kappa shape index (κ3) is 4.40. The highest BCUT2D eigenvalue weighted by Gasteiger charge is 2.38. The molecule has 0 bridgehead atoms. The Morgan fingerprint density at radius 1 is 1.39 bits per heavy atom. The van der Waals surface area contributed by atoms with Gasteiger partial charge >= 0.3 is 5.97 Å². The van der Waals surface area contributed by atoms with Crippen LogP contribution < -0.4 is 5.32 Å². The summed E-state index contributed by atoms with van der Waals surface area (Å²) >= 11 is 0. The number of hydrogen-bond acceptors (Lipinski definition) is 2. The van der Waals surface area contributed by atoms with Gasteiger partial charge in [-0.25, -0.2) is 0 Å². The minimum Gasteiger partial charge on any atom is -0.481 e. The van der Waals surface area contributed by atoms with Crippen molar-refractivity contribution in [1.82, 2.24) is 5.32 Å². The molecular weight excluding hydrogens is 230 g/mol. The minimum atomic E-state index is -0.818. The van der Waals surface area contributed by atoms with Gasteiger partial charge in [0.15, 0.2) is 0 Å². The summed E-state index contributed by atoms with van der Waals surface area (Å²) < 4.78 is 0. The summed E-state index contributed by atoms with van der Waals surface area (Å²) in [4.78, 5) is 22.8. The van der Waals surface area contributed by atoms with Crippen molar-refractivity contribution in [1.29, 1.82) is 0 Å². The molecule has 1 fully saturated rings. The molecule has 1 unspecified atom stereocenters. The molecule has 0 aromatic heterocycles. The van der Waals surface area contributed by atoms with Crippen LogP contribution in [0, 0.1) is 17.8 Å². The molecule has 4 heteroatoms. The van der Waals surface area contributed by atoms with Gasteiger partial charge in [-0.15, -0.1) is 12.3 Å². The lowest BCUT2D eigenvalue weighted by Crippen LogP contribution is -2.36. The molecule has 0 heterocycles. The van der Waals surface area contributed by atoms with E-state index in [0.717, 1.165) is 25.7 Å². The van der Waals surface area contributed by atoms with Crippen LogP contribution in [0.5, 0.6) is 0 Å². The molecule has 1 saturated carbocycles. The van der Waals surface area contributed by atoms with Crippen LogP contribution in [0.1, 0.15) is 51.9 Å². The molecule has 0 saturated heterocycles. The fourth-order valence-corrected chi connectivity index (χ4v) is 2.76. The molecule has 0 aromatic carbocycles. The number of carbonyl (C=O) groups is 2. The molecule has 1 amide bonds. The highest BCUT2D eigenvalue weighted by Crippen LogP contribution is 2.44. The topological polar surface area (TPSA) is 66.4 Å². The van der Waals surface area contributed by atoms with E-state index >= 15 is 0 Å². The first-order valence-electron chi connectivity index (χ1n) is 6.42. The zero-order valence-corrected chi connectivity index (χ0v) is 10.9. The molecular formula is C14H21NO3. The highest BCUT2D eigenvalue weighted by atomic mass is 16.4. The normalized spacial score (nSPS) is 18.9. The molecule has 1 aliphatic carbocycles. The number of carbonyl (C=O) groups excluding carboxylic acids is 1. The van der Waals surface area contributed by atoms with Gasteiger partial charge < -0.3 is 10.4 Å². The maximum atomic E-state index is 11.9. The van der Waals surface area contributed by atoms with E-state index in [2.05, 4.69) is 11.2 Å². The van der Waals surface area contributed by atoms with Gasteiger partial charge in [0.2, 0.25) is 5.91 Å². The number of hydrogen-bond donors (Lipinski definition) is 2. The van der Waals surface area contributed by atoms with Crippen LogP contribution in [0.15, 0.2) is 0 Å². The highest BCUT2D eigenvalue weighted by molar-refractivity contribution is 5.78. The number of carboxylic acids is 1. The van der Waals surface area contributed by atoms with E-state index in [9.17, 15) is 9.59 Å². The van der Waals surface area contributed by atoms with Crippen LogP contribution in [0.2, 0.25) is 0 Å². The van der Waals surface area contributed by atoms with E-state index in [1.807, 2.05) is 6.92 Å². The van der Waals surface area contributed by atoms with E-state index in [-0.39, 0.29) is 23.8 Å². The van der Waals surface area contributed by atoms with Crippen LogP contribution in [-0.4, -0.2) is 23.0 Å². The van der Waals surface area contributed by atoms with E-state index in [4.69, 9.17) is 11.5 Å². The van der Waals surface area contributed by atoms with Crippen molar-refractivity contribution < 1.29 is 14.7 Å². The molecule has 1 aliphatic rings. The summed E-state index contributed by atoms with van der Waals surface area (Å²) in [6.07, 6.45) is 9.75. The van der Waals surface area contributed by atoms with E-state index in [0.29, 0.717) is 12.8 Å². The third-order valence-corrected chi connectivity index (χ3v) is 3.56. The Labute approximate surface area is 108 Å². The first-order valence-corrected chi connectivity index (χ1v) is 6.42. The lowest BCUT2D eigenvalue weighted by Gasteiger charge is -2.27. The Balaban J connectivity index is 2.54. The van der Waals surface area contributed by atoms with Crippen LogP contribution >= 0.6 is 0 Å². The molecule has 18 heavy (non-hydrogen) atoms. The lowest BCUT2D eigenvalue weighted by molar-refractivity contribution is -0.140.